The van der Waals surface area contributed by atoms with E-state index < -0.39 is 0 Å². The van der Waals surface area contributed by atoms with Crippen molar-refractivity contribution in [1.82, 2.24) is 10.1 Å². The summed E-state index contributed by atoms with van der Waals surface area (Å²) in [6.07, 6.45) is 6.21. The molecule has 0 aromatic carbocycles. The van der Waals surface area contributed by atoms with Crippen molar-refractivity contribution >= 4 is 0 Å². The van der Waals surface area contributed by atoms with Gasteiger partial charge in [-0.15, -0.1) is 0 Å². The van der Waals surface area contributed by atoms with Gasteiger partial charge in [-0.2, -0.15) is 4.98 Å². The molecule has 0 radical (unpaired) electrons. The average molecular weight is 222 g/mol. The number of ether oxygens (including phenoxy) is 1. The van der Waals surface area contributed by atoms with E-state index >= 15 is 0 Å². The van der Waals surface area contributed by atoms with Gasteiger partial charge in [-0.05, 0) is 24.7 Å². The third kappa shape index (κ3) is 1.75. The van der Waals surface area contributed by atoms with E-state index in [9.17, 15) is 0 Å². The lowest BCUT2D eigenvalue weighted by molar-refractivity contribution is 0.199. The Labute approximate surface area is 95.4 Å². The molecular formula is C12H18N2O2. The van der Waals surface area contributed by atoms with E-state index in [-0.39, 0.29) is 0 Å². The van der Waals surface area contributed by atoms with Crippen LogP contribution in [-0.4, -0.2) is 23.9 Å². The summed E-state index contributed by atoms with van der Waals surface area (Å²) in [4.78, 5) is 4.48. The maximum Gasteiger partial charge on any atom is 0.230 e. The molecular weight excluding hydrogens is 204 g/mol. The van der Waals surface area contributed by atoms with Gasteiger partial charge in [0.2, 0.25) is 5.89 Å². The first-order valence-corrected chi connectivity index (χ1v) is 6.21. The zero-order valence-corrected chi connectivity index (χ0v) is 9.69. The molecule has 2 fully saturated rings. The Morgan fingerprint density at radius 1 is 1.31 bits per heavy atom. The Kier molecular flexibility index (Phi) is 2.67. The molecule has 4 heteroatoms. The first-order valence-electron chi connectivity index (χ1n) is 6.21. The third-order valence-electron chi connectivity index (χ3n) is 3.96. The van der Waals surface area contributed by atoms with Crippen LogP contribution in [0.1, 0.15) is 43.3 Å². The highest BCUT2D eigenvalue weighted by Gasteiger charge is 2.54. The average Bonchev–Trinajstić information content (AvgIpc) is 2.87. The van der Waals surface area contributed by atoms with Crippen LogP contribution in [0.15, 0.2) is 4.52 Å². The fourth-order valence-electron chi connectivity index (χ4n) is 3.06. The predicted octanol–water partition coefficient (Wildman–Crippen LogP) is 2.16. The maximum atomic E-state index is 5.36. The molecule has 0 aliphatic heterocycles. The molecule has 3 atom stereocenters. The Hall–Kier alpha value is -0.900. The molecule has 0 bridgehead atoms. The number of aromatic nitrogens is 2. The standard InChI is InChI=1S/C12H18N2O2/c1-15-7-6-10-13-12(16-14-10)11-8-4-2-3-5-9(8)11/h8-9,11H,2-7H2,1H3/t8-,9+,11?. The first-order chi connectivity index (χ1) is 7.90. The van der Waals surface area contributed by atoms with Crippen LogP contribution in [0.4, 0.5) is 0 Å². The van der Waals surface area contributed by atoms with Crippen LogP contribution < -0.4 is 0 Å². The summed E-state index contributed by atoms with van der Waals surface area (Å²) in [6.45, 7) is 0.663. The summed E-state index contributed by atoms with van der Waals surface area (Å²) in [7, 11) is 1.69. The largest absolute Gasteiger partial charge is 0.384 e. The van der Waals surface area contributed by atoms with Gasteiger partial charge in [-0.3, -0.25) is 0 Å². The second kappa shape index (κ2) is 4.17. The van der Waals surface area contributed by atoms with Gasteiger partial charge in [0.15, 0.2) is 5.82 Å². The lowest BCUT2D eigenvalue weighted by Crippen LogP contribution is -1.96. The van der Waals surface area contributed by atoms with E-state index in [1.165, 1.54) is 25.7 Å². The van der Waals surface area contributed by atoms with E-state index in [4.69, 9.17) is 9.26 Å². The quantitative estimate of drug-likeness (QED) is 0.783. The fourth-order valence-corrected chi connectivity index (χ4v) is 3.06. The molecule has 16 heavy (non-hydrogen) atoms. The summed E-state index contributed by atoms with van der Waals surface area (Å²) in [6, 6.07) is 0. The molecule has 2 aliphatic carbocycles. The molecule has 2 saturated carbocycles. The molecule has 1 aromatic heterocycles. The molecule has 0 spiro atoms. The van der Waals surface area contributed by atoms with Crippen molar-refractivity contribution in [3.63, 3.8) is 0 Å². The highest BCUT2D eigenvalue weighted by atomic mass is 16.5. The summed E-state index contributed by atoms with van der Waals surface area (Å²) >= 11 is 0. The van der Waals surface area contributed by atoms with Crippen LogP contribution in [0, 0.1) is 11.8 Å². The second-order valence-corrected chi connectivity index (χ2v) is 4.93. The Bertz CT molecular complexity index is 352. The van der Waals surface area contributed by atoms with Crippen LogP contribution >= 0.6 is 0 Å². The summed E-state index contributed by atoms with van der Waals surface area (Å²) in [5.74, 6) is 3.92. The molecule has 0 amide bonds. The van der Waals surface area contributed by atoms with Crippen LogP contribution in [0.2, 0.25) is 0 Å². The summed E-state index contributed by atoms with van der Waals surface area (Å²) in [5, 5.41) is 4.01. The molecule has 1 heterocycles. The normalized spacial score (nSPS) is 32.4. The van der Waals surface area contributed by atoms with Crippen molar-refractivity contribution in [2.75, 3.05) is 13.7 Å². The summed E-state index contributed by atoms with van der Waals surface area (Å²) < 4.78 is 10.4. The molecule has 4 nitrogen and oxygen atoms in total. The Morgan fingerprint density at radius 3 is 2.75 bits per heavy atom. The number of hydrogen-bond acceptors (Lipinski definition) is 4. The zero-order chi connectivity index (χ0) is 11.0. The van der Waals surface area contributed by atoms with E-state index in [1.54, 1.807) is 7.11 Å². The predicted molar refractivity (Wildman–Crippen MR) is 58.1 cm³/mol. The van der Waals surface area contributed by atoms with Gasteiger partial charge in [-0.25, -0.2) is 0 Å². The van der Waals surface area contributed by atoms with E-state index in [0.29, 0.717) is 12.5 Å². The fraction of sp³-hybridized carbons (Fsp3) is 0.833. The topological polar surface area (TPSA) is 48.2 Å². The van der Waals surface area contributed by atoms with Crippen LogP contribution in [0.5, 0.6) is 0 Å². The minimum atomic E-state index is 0.575. The van der Waals surface area contributed by atoms with E-state index in [0.717, 1.165) is 30.0 Å². The van der Waals surface area contributed by atoms with Crippen molar-refractivity contribution < 1.29 is 9.26 Å². The number of fused-ring (bicyclic) bond motifs is 1. The van der Waals surface area contributed by atoms with Crippen molar-refractivity contribution in [2.24, 2.45) is 11.8 Å². The lowest BCUT2D eigenvalue weighted by atomic mass is 10.0. The van der Waals surface area contributed by atoms with Gasteiger partial charge < -0.3 is 9.26 Å². The summed E-state index contributed by atoms with van der Waals surface area (Å²) in [5.41, 5.74) is 0. The third-order valence-corrected chi connectivity index (χ3v) is 3.96. The minimum Gasteiger partial charge on any atom is -0.384 e. The maximum absolute atomic E-state index is 5.36. The molecule has 0 N–H and O–H groups in total. The molecule has 3 rings (SSSR count). The number of nitrogens with zero attached hydrogens (tertiary/aromatic N) is 2. The highest BCUT2D eigenvalue weighted by Crippen LogP contribution is 2.60. The van der Waals surface area contributed by atoms with Crippen LogP contribution in [-0.2, 0) is 11.2 Å². The highest BCUT2D eigenvalue weighted by molar-refractivity contribution is 5.14. The molecule has 88 valence electrons. The van der Waals surface area contributed by atoms with Crippen LogP contribution in [0.3, 0.4) is 0 Å². The number of hydrogen-bond donors (Lipinski definition) is 0. The second-order valence-electron chi connectivity index (χ2n) is 4.93. The van der Waals surface area contributed by atoms with Crippen LogP contribution in [0.25, 0.3) is 0 Å². The lowest BCUT2D eigenvalue weighted by Gasteiger charge is -2.04. The molecule has 1 unspecified atom stereocenters. The van der Waals surface area contributed by atoms with Gasteiger partial charge in [-0.1, -0.05) is 18.0 Å². The van der Waals surface area contributed by atoms with E-state index in [1.807, 2.05) is 0 Å². The van der Waals surface area contributed by atoms with E-state index in [2.05, 4.69) is 10.1 Å². The first kappa shape index (κ1) is 10.3. The van der Waals surface area contributed by atoms with Gasteiger partial charge in [0.1, 0.15) is 0 Å². The SMILES string of the molecule is COCCc1noc(C2[C@H]3CCCC[C@@H]23)n1. The van der Waals surface area contributed by atoms with Crippen molar-refractivity contribution in [1.29, 1.82) is 0 Å². The van der Waals surface area contributed by atoms with Crippen molar-refractivity contribution in [3.8, 4) is 0 Å². The molecule has 0 saturated heterocycles. The molecule has 2 aliphatic rings. The Balaban J connectivity index is 1.64. The van der Waals surface area contributed by atoms with Gasteiger partial charge in [0.05, 0.1) is 6.61 Å². The number of rotatable bonds is 4. The van der Waals surface area contributed by atoms with Gasteiger partial charge in [0.25, 0.3) is 0 Å². The monoisotopic (exact) mass is 222 g/mol. The van der Waals surface area contributed by atoms with Crippen molar-refractivity contribution in [3.05, 3.63) is 11.7 Å². The Morgan fingerprint density at radius 2 is 2.06 bits per heavy atom. The minimum absolute atomic E-state index is 0.575. The smallest absolute Gasteiger partial charge is 0.230 e. The zero-order valence-electron chi connectivity index (χ0n) is 9.69. The number of methoxy groups -OCH3 is 1. The van der Waals surface area contributed by atoms with Gasteiger partial charge in [0, 0.05) is 19.4 Å². The molecule has 1 aromatic rings. The van der Waals surface area contributed by atoms with Gasteiger partial charge >= 0.3 is 0 Å². The van der Waals surface area contributed by atoms with Crippen molar-refractivity contribution in [2.45, 2.75) is 38.0 Å².